The molecule has 1 heterocycles. The van der Waals surface area contributed by atoms with Gasteiger partial charge in [0.1, 0.15) is 5.75 Å². The molecule has 0 radical (unpaired) electrons. The largest absolute Gasteiger partial charge is 0.435 e. The van der Waals surface area contributed by atoms with Gasteiger partial charge in [0.05, 0.1) is 18.3 Å². The van der Waals surface area contributed by atoms with Gasteiger partial charge < -0.3 is 15.2 Å². The highest BCUT2D eigenvalue weighted by Gasteiger charge is 2.36. The van der Waals surface area contributed by atoms with Gasteiger partial charge in [0, 0.05) is 24.4 Å². The first kappa shape index (κ1) is 17.3. The van der Waals surface area contributed by atoms with Crippen LogP contribution in [0.4, 0.5) is 8.78 Å². The number of hydrogen-bond acceptors (Lipinski definition) is 4. The average Bonchev–Trinajstić information content (AvgIpc) is 2.96. The van der Waals surface area contributed by atoms with E-state index in [9.17, 15) is 18.7 Å². The van der Waals surface area contributed by atoms with Gasteiger partial charge >= 0.3 is 6.61 Å². The van der Waals surface area contributed by atoms with Gasteiger partial charge in [-0.05, 0) is 43.0 Å². The summed E-state index contributed by atoms with van der Waals surface area (Å²) in [7, 11) is 1.79. The van der Waals surface area contributed by atoms with Crippen molar-refractivity contribution in [2.45, 2.75) is 31.6 Å². The summed E-state index contributed by atoms with van der Waals surface area (Å²) >= 11 is 0. The Labute approximate surface area is 143 Å². The Kier molecular flexibility index (Phi) is 4.98. The number of carbonyl (C=O) groups is 1. The van der Waals surface area contributed by atoms with Crippen LogP contribution < -0.4 is 10.1 Å². The smallest absolute Gasteiger partial charge is 0.387 e. The minimum absolute atomic E-state index is 0.00234. The molecule has 6 nitrogen and oxygen atoms in total. The molecule has 25 heavy (non-hydrogen) atoms. The maximum atomic E-state index is 12.5. The maximum absolute atomic E-state index is 12.5. The molecule has 3 rings (SSSR count). The number of halogens is 2. The first-order valence-electron chi connectivity index (χ1n) is 7.94. The summed E-state index contributed by atoms with van der Waals surface area (Å²) in [6, 6.07) is 5.26. The summed E-state index contributed by atoms with van der Waals surface area (Å²) in [4.78, 5) is 12.5. The number of carbonyl (C=O) groups excluding carboxylic acids is 1. The second-order valence-electron chi connectivity index (χ2n) is 6.19. The van der Waals surface area contributed by atoms with Crippen molar-refractivity contribution < 1.29 is 23.4 Å². The Morgan fingerprint density at radius 2 is 2.04 bits per heavy atom. The molecule has 0 aliphatic heterocycles. The molecule has 1 aromatic carbocycles. The van der Waals surface area contributed by atoms with E-state index in [1.807, 2.05) is 6.20 Å². The summed E-state index contributed by atoms with van der Waals surface area (Å²) in [6.07, 6.45) is 4.40. The van der Waals surface area contributed by atoms with Gasteiger partial charge in [-0.1, -0.05) is 0 Å². The normalized spacial score (nSPS) is 20.8. The third-order valence-corrected chi connectivity index (χ3v) is 4.33. The van der Waals surface area contributed by atoms with Gasteiger partial charge in [-0.3, -0.25) is 9.48 Å². The predicted octanol–water partition coefficient (Wildman–Crippen LogP) is 2.26. The van der Waals surface area contributed by atoms with Crippen LogP contribution in [0.3, 0.4) is 0 Å². The van der Waals surface area contributed by atoms with E-state index >= 15 is 0 Å². The quantitative estimate of drug-likeness (QED) is 0.837. The molecule has 2 aromatic rings. The summed E-state index contributed by atoms with van der Waals surface area (Å²) in [5, 5.41) is 16.6. The topological polar surface area (TPSA) is 76.4 Å². The van der Waals surface area contributed by atoms with E-state index in [0.29, 0.717) is 18.4 Å². The third kappa shape index (κ3) is 4.14. The number of benzene rings is 1. The highest BCUT2D eigenvalue weighted by atomic mass is 19.3. The van der Waals surface area contributed by atoms with Gasteiger partial charge in [-0.25, -0.2) is 0 Å². The number of amides is 1. The summed E-state index contributed by atoms with van der Waals surface area (Å²) in [5.41, 5.74) is 1.21. The van der Waals surface area contributed by atoms with Crippen molar-refractivity contribution in [3.63, 3.8) is 0 Å². The first-order chi connectivity index (χ1) is 11.9. The summed E-state index contributed by atoms with van der Waals surface area (Å²) < 4.78 is 30.3. The molecule has 2 N–H and O–H groups in total. The molecule has 0 saturated heterocycles. The van der Waals surface area contributed by atoms with Gasteiger partial charge in [-0.2, -0.15) is 13.9 Å². The molecular weight excluding hydrogens is 332 g/mol. The lowest BCUT2D eigenvalue weighted by Gasteiger charge is -2.37. The van der Waals surface area contributed by atoms with E-state index in [-0.39, 0.29) is 29.7 Å². The van der Waals surface area contributed by atoms with Crippen LogP contribution in [0.1, 0.15) is 34.8 Å². The van der Waals surface area contributed by atoms with Crippen LogP contribution in [0.5, 0.6) is 5.75 Å². The van der Waals surface area contributed by atoms with Gasteiger partial charge in [0.15, 0.2) is 0 Å². The lowest BCUT2D eigenvalue weighted by molar-refractivity contribution is -0.0498. The number of hydrogen-bond donors (Lipinski definition) is 2. The molecule has 0 spiro atoms. The van der Waals surface area contributed by atoms with Crippen LogP contribution in [0.25, 0.3) is 0 Å². The molecule has 1 aliphatic rings. The standard InChI is InChI=1S/C17H19F2N3O3/c1-22-9-12(8-20-22)15(11-6-13(23)7-11)21-16(24)10-2-4-14(5-3-10)25-17(18)19/h2-5,8-9,11,13,15,17,23H,6-7H2,1H3,(H,21,24). The van der Waals surface area contributed by atoms with Crippen LogP contribution in [0.15, 0.2) is 36.7 Å². The second kappa shape index (κ2) is 7.18. The van der Waals surface area contributed by atoms with Gasteiger partial charge in [0.25, 0.3) is 5.91 Å². The molecule has 1 fully saturated rings. The fraction of sp³-hybridized carbons (Fsp3) is 0.412. The number of nitrogens with one attached hydrogen (secondary N) is 1. The zero-order chi connectivity index (χ0) is 18.0. The zero-order valence-electron chi connectivity index (χ0n) is 13.6. The minimum atomic E-state index is -2.90. The van der Waals surface area contributed by atoms with Crippen molar-refractivity contribution in [2.75, 3.05) is 0 Å². The van der Waals surface area contributed by atoms with Crippen molar-refractivity contribution in [3.05, 3.63) is 47.8 Å². The fourth-order valence-electron chi connectivity index (χ4n) is 2.99. The SMILES string of the molecule is Cn1cc(C(NC(=O)c2ccc(OC(F)F)cc2)C2CC(O)C2)cn1. The van der Waals surface area contributed by atoms with E-state index in [0.717, 1.165) is 5.56 Å². The highest BCUT2D eigenvalue weighted by Crippen LogP contribution is 2.38. The Morgan fingerprint density at radius 1 is 1.36 bits per heavy atom. The minimum Gasteiger partial charge on any atom is -0.435 e. The summed E-state index contributed by atoms with van der Waals surface area (Å²) in [5.74, 6) is -0.194. The van der Waals surface area contributed by atoms with Gasteiger partial charge in [-0.15, -0.1) is 0 Å². The van der Waals surface area contributed by atoms with Crippen LogP contribution in [0.2, 0.25) is 0 Å². The van der Waals surface area contributed by atoms with Crippen LogP contribution in [0, 0.1) is 5.92 Å². The Hall–Kier alpha value is -2.48. The molecule has 1 saturated carbocycles. The van der Waals surface area contributed by atoms with Crippen molar-refractivity contribution in [2.24, 2.45) is 13.0 Å². The van der Waals surface area contributed by atoms with Crippen molar-refractivity contribution in [3.8, 4) is 5.75 Å². The van der Waals surface area contributed by atoms with Crippen molar-refractivity contribution in [1.82, 2.24) is 15.1 Å². The summed E-state index contributed by atoms with van der Waals surface area (Å²) in [6.45, 7) is -2.90. The maximum Gasteiger partial charge on any atom is 0.387 e. The molecule has 1 amide bonds. The average molecular weight is 351 g/mol. The Morgan fingerprint density at radius 3 is 2.56 bits per heavy atom. The lowest BCUT2D eigenvalue weighted by atomic mass is 9.75. The lowest BCUT2D eigenvalue weighted by Crippen LogP contribution is -2.41. The number of aryl methyl sites for hydroxylation is 1. The van der Waals surface area contributed by atoms with E-state index in [4.69, 9.17) is 0 Å². The molecule has 0 bridgehead atoms. The number of aromatic nitrogens is 2. The molecule has 8 heteroatoms. The molecule has 1 unspecified atom stereocenters. The van der Waals surface area contributed by atoms with Gasteiger partial charge in [0.2, 0.25) is 0 Å². The number of aliphatic hydroxyl groups is 1. The number of ether oxygens (including phenoxy) is 1. The Balaban J connectivity index is 1.71. The number of aliphatic hydroxyl groups excluding tert-OH is 1. The van der Waals surface area contributed by atoms with E-state index in [1.165, 1.54) is 24.3 Å². The molecule has 134 valence electrons. The van der Waals surface area contributed by atoms with E-state index < -0.39 is 6.61 Å². The van der Waals surface area contributed by atoms with Crippen molar-refractivity contribution in [1.29, 1.82) is 0 Å². The van der Waals surface area contributed by atoms with E-state index in [1.54, 1.807) is 17.9 Å². The highest BCUT2D eigenvalue weighted by molar-refractivity contribution is 5.94. The molecule has 1 aromatic heterocycles. The third-order valence-electron chi connectivity index (χ3n) is 4.33. The fourth-order valence-corrected chi connectivity index (χ4v) is 2.99. The number of nitrogens with zero attached hydrogens (tertiary/aromatic N) is 2. The zero-order valence-corrected chi connectivity index (χ0v) is 13.6. The van der Waals surface area contributed by atoms with Crippen LogP contribution in [-0.2, 0) is 7.05 Å². The predicted molar refractivity (Wildman–Crippen MR) is 85.2 cm³/mol. The van der Waals surface area contributed by atoms with E-state index in [2.05, 4.69) is 15.2 Å². The molecular formula is C17H19F2N3O3. The second-order valence-corrected chi connectivity index (χ2v) is 6.19. The van der Waals surface area contributed by atoms with Crippen LogP contribution >= 0.6 is 0 Å². The van der Waals surface area contributed by atoms with Crippen LogP contribution in [-0.4, -0.2) is 33.5 Å². The Bertz CT molecular complexity index is 727. The molecule has 1 aliphatic carbocycles. The first-order valence-corrected chi connectivity index (χ1v) is 7.94. The van der Waals surface area contributed by atoms with Crippen molar-refractivity contribution >= 4 is 5.91 Å². The number of alkyl halides is 2. The molecule has 1 atom stereocenters. The number of rotatable bonds is 6. The monoisotopic (exact) mass is 351 g/mol.